The fourth-order valence-electron chi connectivity index (χ4n) is 0.528. The van der Waals surface area contributed by atoms with Crippen LogP contribution in [0.4, 0.5) is 0 Å². The highest BCUT2D eigenvalue weighted by atomic mass is 35.5. The lowest BCUT2D eigenvalue weighted by Gasteiger charge is -2.22. The van der Waals surface area contributed by atoms with Crippen molar-refractivity contribution in [3.8, 4) is 0 Å². The average molecular weight is 183 g/mol. The lowest BCUT2D eigenvalue weighted by Crippen LogP contribution is -2.57. The van der Waals surface area contributed by atoms with Gasteiger partial charge in [-0.15, -0.1) is 0 Å². The standard InChI is InChI=1S/C4H4Cl2N2O2/c5-1-2(6)8-4(10)3(9)7-1/h1-2H,(H,7,9)(H,8,10). The molecule has 1 saturated heterocycles. The molecular weight excluding hydrogens is 179 g/mol. The second-order valence-electron chi connectivity index (χ2n) is 1.75. The lowest BCUT2D eigenvalue weighted by molar-refractivity contribution is -0.141. The number of rotatable bonds is 0. The first kappa shape index (κ1) is 7.63. The van der Waals surface area contributed by atoms with Crippen LogP contribution in [0, 0.1) is 0 Å². The summed E-state index contributed by atoms with van der Waals surface area (Å²) in [5.41, 5.74) is -1.46. The summed E-state index contributed by atoms with van der Waals surface area (Å²) in [7, 11) is 0. The Hall–Kier alpha value is -0.480. The summed E-state index contributed by atoms with van der Waals surface area (Å²) in [4.78, 5) is 21.0. The number of piperazine rings is 1. The molecule has 0 aromatic heterocycles. The molecule has 0 saturated carbocycles. The van der Waals surface area contributed by atoms with E-state index in [9.17, 15) is 9.59 Å². The van der Waals surface area contributed by atoms with Crippen LogP contribution in [0.3, 0.4) is 0 Å². The molecule has 2 unspecified atom stereocenters. The molecule has 2 amide bonds. The smallest absolute Gasteiger partial charge is 0.310 e. The molecule has 1 heterocycles. The number of carbonyl (C=O) groups excluding carboxylic acids is 2. The Morgan fingerprint density at radius 2 is 1.30 bits per heavy atom. The van der Waals surface area contributed by atoms with Gasteiger partial charge in [0.25, 0.3) is 0 Å². The van der Waals surface area contributed by atoms with Crippen molar-refractivity contribution in [1.82, 2.24) is 10.6 Å². The van der Waals surface area contributed by atoms with Gasteiger partial charge in [0.1, 0.15) is 11.0 Å². The van der Waals surface area contributed by atoms with Crippen LogP contribution in [0.2, 0.25) is 0 Å². The van der Waals surface area contributed by atoms with Crippen molar-refractivity contribution in [2.75, 3.05) is 0 Å². The van der Waals surface area contributed by atoms with E-state index in [2.05, 4.69) is 10.6 Å². The fraction of sp³-hybridized carbons (Fsp3) is 0.500. The molecule has 56 valence electrons. The van der Waals surface area contributed by atoms with Crippen LogP contribution in [-0.4, -0.2) is 22.8 Å². The quantitative estimate of drug-likeness (QED) is 0.298. The first-order valence-electron chi connectivity index (χ1n) is 2.51. The van der Waals surface area contributed by atoms with Crippen molar-refractivity contribution >= 4 is 35.0 Å². The van der Waals surface area contributed by atoms with Gasteiger partial charge in [-0.3, -0.25) is 9.59 Å². The van der Waals surface area contributed by atoms with Gasteiger partial charge in [-0.25, -0.2) is 0 Å². The fourth-order valence-corrected chi connectivity index (χ4v) is 0.852. The molecule has 0 aromatic rings. The summed E-state index contributed by atoms with van der Waals surface area (Å²) in [5, 5.41) is 4.32. The monoisotopic (exact) mass is 182 g/mol. The third-order valence-corrected chi connectivity index (χ3v) is 1.85. The summed E-state index contributed by atoms with van der Waals surface area (Å²) in [6, 6.07) is 0. The normalized spacial score (nSPS) is 33.0. The largest absolute Gasteiger partial charge is 0.329 e. The third-order valence-electron chi connectivity index (χ3n) is 1.00. The maximum atomic E-state index is 10.5. The van der Waals surface area contributed by atoms with E-state index in [1.54, 1.807) is 0 Å². The van der Waals surface area contributed by atoms with Crippen molar-refractivity contribution in [2.45, 2.75) is 11.0 Å². The zero-order valence-corrected chi connectivity index (χ0v) is 6.24. The Labute approximate surface area is 66.9 Å². The summed E-state index contributed by atoms with van der Waals surface area (Å²) in [6.07, 6.45) is 0. The molecule has 0 aliphatic carbocycles. The van der Waals surface area contributed by atoms with Crippen molar-refractivity contribution in [3.63, 3.8) is 0 Å². The number of alkyl halides is 2. The second kappa shape index (κ2) is 2.64. The number of hydrogen-bond donors (Lipinski definition) is 2. The zero-order chi connectivity index (χ0) is 7.72. The molecule has 1 rings (SSSR count). The highest BCUT2D eigenvalue weighted by Crippen LogP contribution is 2.06. The molecule has 0 aromatic carbocycles. The molecule has 10 heavy (non-hydrogen) atoms. The van der Waals surface area contributed by atoms with E-state index in [1.807, 2.05) is 0 Å². The first-order valence-corrected chi connectivity index (χ1v) is 3.38. The third kappa shape index (κ3) is 1.33. The van der Waals surface area contributed by atoms with Gasteiger partial charge in [0.05, 0.1) is 0 Å². The van der Waals surface area contributed by atoms with Crippen LogP contribution in [-0.2, 0) is 9.59 Å². The molecule has 4 nitrogen and oxygen atoms in total. The lowest BCUT2D eigenvalue weighted by atomic mass is 10.4. The van der Waals surface area contributed by atoms with E-state index >= 15 is 0 Å². The topological polar surface area (TPSA) is 58.2 Å². The van der Waals surface area contributed by atoms with Crippen molar-refractivity contribution < 1.29 is 9.59 Å². The van der Waals surface area contributed by atoms with E-state index < -0.39 is 22.8 Å². The molecule has 0 spiro atoms. The number of carbonyl (C=O) groups is 2. The van der Waals surface area contributed by atoms with Gasteiger partial charge < -0.3 is 10.6 Å². The highest BCUT2D eigenvalue weighted by molar-refractivity contribution is 6.41. The predicted molar refractivity (Wildman–Crippen MR) is 35.6 cm³/mol. The Balaban J connectivity index is 2.63. The molecule has 1 fully saturated rings. The van der Waals surface area contributed by atoms with Crippen LogP contribution in [0.25, 0.3) is 0 Å². The molecule has 1 aliphatic rings. The Kier molecular flexibility index (Phi) is 2.01. The van der Waals surface area contributed by atoms with Gasteiger partial charge in [-0.2, -0.15) is 0 Å². The molecule has 0 radical (unpaired) electrons. The van der Waals surface area contributed by atoms with Crippen LogP contribution < -0.4 is 10.6 Å². The number of amides is 2. The zero-order valence-electron chi connectivity index (χ0n) is 4.73. The minimum Gasteiger partial charge on any atom is -0.329 e. The minimum absolute atomic E-state index is 0.730. The Morgan fingerprint density at radius 1 is 1.00 bits per heavy atom. The molecule has 0 bridgehead atoms. The van der Waals surface area contributed by atoms with Crippen molar-refractivity contribution in [3.05, 3.63) is 0 Å². The van der Waals surface area contributed by atoms with E-state index in [-0.39, 0.29) is 0 Å². The molecule has 2 atom stereocenters. The van der Waals surface area contributed by atoms with Gasteiger partial charge in [0.2, 0.25) is 0 Å². The molecular formula is C4H4Cl2N2O2. The van der Waals surface area contributed by atoms with E-state index in [0.717, 1.165) is 0 Å². The highest BCUT2D eigenvalue weighted by Gasteiger charge is 2.30. The van der Waals surface area contributed by atoms with Crippen molar-refractivity contribution in [1.29, 1.82) is 0 Å². The first-order chi connectivity index (χ1) is 4.61. The average Bonchev–Trinajstić information content (AvgIpc) is 1.84. The van der Waals surface area contributed by atoms with Crippen LogP contribution in [0.1, 0.15) is 0 Å². The molecule has 6 heteroatoms. The Morgan fingerprint density at radius 3 is 1.60 bits per heavy atom. The SMILES string of the molecule is O=C1NC(Cl)C(Cl)NC1=O. The van der Waals surface area contributed by atoms with Gasteiger partial charge in [0.15, 0.2) is 0 Å². The van der Waals surface area contributed by atoms with Crippen LogP contribution in [0.5, 0.6) is 0 Å². The summed E-state index contributed by atoms with van der Waals surface area (Å²) in [6.45, 7) is 0. The maximum Gasteiger partial charge on any atom is 0.310 e. The second-order valence-corrected chi connectivity index (χ2v) is 2.69. The van der Waals surface area contributed by atoms with Gasteiger partial charge in [-0.05, 0) is 0 Å². The number of nitrogens with one attached hydrogen (secondary N) is 2. The van der Waals surface area contributed by atoms with Gasteiger partial charge in [-0.1, -0.05) is 23.2 Å². The van der Waals surface area contributed by atoms with E-state index in [4.69, 9.17) is 23.2 Å². The number of hydrogen-bond acceptors (Lipinski definition) is 2. The van der Waals surface area contributed by atoms with Crippen LogP contribution in [0.15, 0.2) is 0 Å². The molecule has 2 N–H and O–H groups in total. The van der Waals surface area contributed by atoms with Crippen LogP contribution >= 0.6 is 23.2 Å². The maximum absolute atomic E-state index is 10.5. The summed E-state index contributed by atoms with van der Waals surface area (Å²) in [5.74, 6) is -1.51. The van der Waals surface area contributed by atoms with Crippen molar-refractivity contribution in [2.24, 2.45) is 0 Å². The summed E-state index contributed by atoms with van der Waals surface area (Å²) < 4.78 is 0. The Bertz CT molecular complexity index is 164. The van der Waals surface area contributed by atoms with Gasteiger partial charge >= 0.3 is 11.8 Å². The van der Waals surface area contributed by atoms with E-state index in [0.29, 0.717) is 0 Å². The summed E-state index contributed by atoms with van der Waals surface area (Å²) >= 11 is 10.9. The van der Waals surface area contributed by atoms with E-state index in [1.165, 1.54) is 0 Å². The number of halogens is 2. The minimum atomic E-state index is -0.753. The predicted octanol–water partition coefficient (Wildman–Crippen LogP) is -0.638. The van der Waals surface area contributed by atoms with Gasteiger partial charge in [0, 0.05) is 0 Å². The molecule has 1 aliphatic heterocycles.